The summed E-state index contributed by atoms with van der Waals surface area (Å²) in [6, 6.07) is 10.3. The second-order valence-electron chi connectivity index (χ2n) is 6.72. The van der Waals surface area contributed by atoms with Gasteiger partial charge in [0.15, 0.2) is 0 Å². The Morgan fingerprint density at radius 2 is 1.78 bits per heavy atom. The van der Waals surface area contributed by atoms with Crippen LogP contribution in [0.4, 0.5) is 4.39 Å². The van der Waals surface area contributed by atoms with E-state index in [2.05, 4.69) is 34.2 Å². The van der Waals surface area contributed by atoms with Crippen molar-refractivity contribution in [2.24, 2.45) is 0 Å². The molecule has 5 heteroatoms. The molecule has 0 heterocycles. The second-order valence-corrected chi connectivity index (χ2v) is 8.04. The van der Waals surface area contributed by atoms with Gasteiger partial charge in [0.2, 0.25) is 0 Å². The van der Waals surface area contributed by atoms with Crippen LogP contribution in [0.2, 0.25) is 5.02 Å². The number of hydrogen-bond acceptors (Lipinski definition) is 2. The summed E-state index contributed by atoms with van der Waals surface area (Å²) in [6.07, 6.45) is 7.75. The molecule has 0 unspecified atom stereocenters. The van der Waals surface area contributed by atoms with E-state index in [1.54, 1.807) is 6.07 Å². The highest BCUT2D eigenvalue weighted by molar-refractivity contribution is 9.10. The van der Waals surface area contributed by atoms with Gasteiger partial charge >= 0.3 is 0 Å². The van der Waals surface area contributed by atoms with Crippen molar-refractivity contribution in [1.29, 1.82) is 0 Å². The number of hydrogen-bond donors (Lipinski definition) is 1. The molecule has 2 rings (SSSR count). The van der Waals surface area contributed by atoms with Gasteiger partial charge in [-0.3, -0.25) is 0 Å². The number of rotatable bonds is 12. The van der Waals surface area contributed by atoms with Crippen LogP contribution in [0.3, 0.4) is 0 Å². The van der Waals surface area contributed by atoms with E-state index in [9.17, 15) is 4.39 Å². The third-order valence-corrected chi connectivity index (χ3v) is 5.29. The van der Waals surface area contributed by atoms with Gasteiger partial charge in [-0.1, -0.05) is 72.6 Å². The van der Waals surface area contributed by atoms with Crippen molar-refractivity contribution in [1.82, 2.24) is 5.32 Å². The van der Waals surface area contributed by atoms with E-state index < -0.39 is 0 Å². The lowest BCUT2D eigenvalue weighted by Crippen LogP contribution is -2.15. The summed E-state index contributed by atoms with van der Waals surface area (Å²) in [5, 5.41) is 3.88. The van der Waals surface area contributed by atoms with Crippen LogP contribution < -0.4 is 10.1 Å². The smallest absolute Gasteiger partial charge is 0.124 e. The molecule has 1 N–H and O–H groups in total. The summed E-state index contributed by atoms with van der Waals surface area (Å²) in [7, 11) is 0. The molecule has 0 radical (unpaired) electrons. The van der Waals surface area contributed by atoms with Crippen LogP contribution in [0.15, 0.2) is 40.9 Å². The monoisotopic (exact) mass is 455 g/mol. The minimum absolute atomic E-state index is 0.311. The molecule has 0 bridgehead atoms. The van der Waals surface area contributed by atoms with Gasteiger partial charge in [-0.2, -0.15) is 0 Å². The van der Waals surface area contributed by atoms with Gasteiger partial charge in [-0.25, -0.2) is 4.39 Å². The van der Waals surface area contributed by atoms with Crippen molar-refractivity contribution in [2.75, 3.05) is 6.54 Å². The molecule has 2 aromatic carbocycles. The molecule has 0 saturated heterocycles. The van der Waals surface area contributed by atoms with E-state index >= 15 is 0 Å². The third-order valence-electron chi connectivity index (χ3n) is 4.44. The van der Waals surface area contributed by atoms with Gasteiger partial charge in [-0.15, -0.1) is 0 Å². The molecule has 0 spiro atoms. The number of benzene rings is 2. The average molecular weight is 457 g/mol. The fourth-order valence-corrected chi connectivity index (χ4v) is 3.50. The summed E-state index contributed by atoms with van der Waals surface area (Å²) < 4.78 is 20.1. The summed E-state index contributed by atoms with van der Waals surface area (Å²) in [6.45, 7) is 4.30. The van der Waals surface area contributed by atoms with Crippen molar-refractivity contribution in [3.63, 3.8) is 0 Å². The van der Waals surface area contributed by atoms with Crippen molar-refractivity contribution < 1.29 is 9.13 Å². The van der Waals surface area contributed by atoms with E-state index in [4.69, 9.17) is 16.3 Å². The van der Waals surface area contributed by atoms with Gasteiger partial charge in [-0.05, 0) is 43.3 Å². The van der Waals surface area contributed by atoms with Gasteiger partial charge in [0, 0.05) is 22.1 Å². The van der Waals surface area contributed by atoms with E-state index in [-0.39, 0.29) is 5.82 Å². The van der Waals surface area contributed by atoms with Gasteiger partial charge in [0.1, 0.15) is 18.2 Å². The molecule has 0 fully saturated rings. The van der Waals surface area contributed by atoms with E-state index in [1.807, 2.05) is 12.1 Å². The maximum absolute atomic E-state index is 13.2. The second kappa shape index (κ2) is 12.4. The Hall–Kier alpha value is -1.10. The maximum atomic E-state index is 13.2. The first-order valence-electron chi connectivity index (χ1n) is 9.66. The first kappa shape index (κ1) is 22.2. The highest BCUT2D eigenvalue weighted by atomic mass is 79.9. The number of nitrogens with one attached hydrogen (secondary N) is 1. The standard InChI is InChI=1S/C22H28BrClFNO/c1-2-3-4-5-6-7-12-26-15-18-13-19(23)9-11-22(18)27-16-17-8-10-20(25)14-21(17)24/h8-11,13-14,26H,2-7,12,15-16H2,1H3. The molecule has 0 amide bonds. The van der Waals surface area contributed by atoms with Crippen LogP contribution in [0.5, 0.6) is 5.75 Å². The molecule has 0 saturated carbocycles. The fourth-order valence-electron chi connectivity index (χ4n) is 2.87. The van der Waals surface area contributed by atoms with Crippen LogP contribution in [-0.2, 0) is 13.2 Å². The van der Waals surface area contributed by atoms with Gasteiger partial charge < -0.3 is 10.1 Å². The lowest BCUT2D eigenvalue weighted by molar-refractivity contribution is 0.302. The van der Waals surface area contributed by atoms with Crippen molar-refractivity contribution >= 4 is 27.5 Å². The zero-order chi connectivity index (χ0) is 19.5. The molecule has 0 atom stereocenters. The van der Waals surface area contributed by atoms with Crippen LogP contribution in [0.1, 0.15) is 56.6 Å². The molecule has 0 aliphatic carbocycles. The zero-order valence-corrected chi connectivity index (χ0v) is 18.2. The molecule has 0 aromatic heterocycles. The van der Waals surface area contributed by atoms with Gasteiger partial charge in [0.05, 0.1) is 5.02 Å². The van der Waals surface area contributed by atoms with Crippen LogP contribution in [-0.4, -0.2) is 6.54 Å². The summed E-state index contributed by atoms with van der Waals surface area (Å²) in [5.41, 5.74) is 1.86. The highest BCUT2D eigenvalue weighted by Crippen LogP contribution is 2.25. The molecule has 2 nitrogen and oxygen atoms in total. The average Bonchev–Trinajstić information content (AvgIpc) is 2.64. The molecule has 148 valence electrons. The van der Waals surface area contributed by atoms with Crippen molar-refractivity contribution in [3.8, 4) is 5.75 Å². The number of unbranched alkanes of at least 4 members (excludes halogenated alkanes) is 5. The molecule has 27 heavy (non-hydrogen) atoms. The fraction of sp³-hybridized carbons (Fsp3) is 0.455. The largest absolute Gasteiger partial charge is 0.489 e. The Bertz CT molecular complexity index is 711. The Labute approximate surface area is 175 Å². The predicted molar refractivity (Wildman–Crippen MR) is 115 cm³/mol. The summed E-state index contributed by atoms with van der Waals surface area (Å²) in [4.78, 5) is 0. The summed E-state index contributed by atoms with van der Waals surface area (Å²) >= 11 is 9.61. The van der Waals surface area contributed by atoms with Crippen LogP contribution in [0.25, 0.3) is 0 Å². The highest BCUT2D eigenvalue weighted by Gasteiger charge is 2.08. The van der Waals surface area contributed by atoms with E-state index in [0.717, 1.165) is 34.4 Å². The normalized spacial score (nSPS) is 11.0. The topological polar surface area (TPSA) is 21.3 Å². The Balaban J connectivity index is 1.83. The lowest BCUT2D eigenvalue weighted by Gasteiger charge is -2.14. The SMILES string of the molecule is CCCCCCCCNCc1cc(Br)ccc1OCc1ccc(F)cc1Cl. The first-order chi connectivity index (χ1) is 13.1. The van der Waals surface area contributed by atoms with Crippen LogP contribution in [0, 0.1) is 5.82 Å². The molecular formula is C22H28BrClFNO. The van der Waals surface area contributed by atoms with Crippen molar-refractivity contribution in [3.05, 3.63) is 62.8 Å². The number of ether oxygens (including phenoxy) is 1. The minimum Gasteiger partial charge on any atom is -0.489 e. The van der Waals surface area contributed by atoms with Gasteiger partial charge in [0.25, 0.3) is 0 Å². The Morgan fingerprint density at radius 3 is 2.56 bits per heavy atom. The molecule has 2 aromatic rings. The maximum Gasteiger partial charge on any atom is 0.124 e. The predicted octanol–water partition coefficient (Wildman–Crippen LogP) is 7.27. The summed E-state index contributed by atoms with van der Waals surface area (Å²) in [5.74, 6) is 0.473. The van der Waals surface area contributed by atoms with Crippen LogP contribution >= 0.6 is 27.5 Å². The Morgan fingerprint density at radius 1 is 1.00 bits per heavy atom. The zero-order valence-electron chi connectivity index (χ0n) is 15.9. The number of halogens is 3. The third kappa shape index (κ3) is 8.20. The lowest BCUT2D eigenvalue weighted by atomic mass is 10.1. The van der Waals surface area contributed by atoms with E-state index in [1.165, 1.54) is 50.7 Å². The quantitative estimate of drug-likeness (QED) is 0.339. The molecular weight excluding hydrogens is 429 g/mol. The van der Waals surface area contributed by atoms with E-state index in [0.29, 0.717) is 11.6 Å². The minimum atomic E-state index is -0.341. The molecule has 0 aliphatic heterocycles. The molecule has 0 aliphatic rings. The first-order valence-corrected chi connectivity index (χ1v) is 10.8. The Kier molecular flexibility index (Phi) is 10.2. The van der Waals surface area contributed by atoms with Crippen molar-refractivity contribution in [2.45, 2.75) is 58.6 Å².